The molecule has 1 N–H and O–H groups in total. The SMILES string of the molecule is CC(C)(C)c1cc(Nc2cc(C(C)(C)C)on2)on1. The number of aromatic nitrogens is 2. The van der Waals surface area contributed by atoms with Crippen molar-refractivity contribution in [1.82, 2.24) is 10.3 Å². The fourth-order valence-electron chi connectivity index (χ4n) is 1.50. The molecule has 2 heterocycles. The van der Waals surface area contributed by atoms with Crippen molar-refractivity contribution >= 4 is 11.7 Å². The van der Waals surface area contributed by atoms with Gasteiger partial charge in [-0.05, 0) is 0 Å². The molecular weight excluding hydrogens is 242 g/mol. The minimum Gasteiger partial charge on any atom is -0.359 e. The molecule has 19 heavy (non-hydrogen) atoms. The highest BCUT2D eigenvalue weighted by Crippen LogP contribution is 2.28. The van der Waals surface area contributed by atoms with E-state index in [9.17, 15) is 0 Å². The molecule has 0 aromatic carbocycles. The van der Waals surface area contributed by atoms with Crippen LogP contribution in [0.2, 0.25) is 0 Å². The summed E-state index contributed by atoms with van der Waals surface area (Å²) in [6, 6.07) is 3.75. The Kier molecular flexibility index (Phi) is 3.16. The summed E-state index contributed by atoms with van der Waals surface area (Å²) in [7, 11) is 0. The van der Waals surface area contributed by atoms with Gasteiger partial charge < -0.3 is 14.4 Å². The van der Waals surface area contributed by atoms with Crippen molar-refractivity contribution in [1.29, 1.82) is 0 Å². The minimum atomic E-state index is -0.0646. The zero-order chi connectivity index (χ0) is 14.3. The molecule has 0 spiro atoms. The molecule has 0 aliphatic carbocycles. The maximum Gasteiger partial charge on any atom is 0.230 e. The Morgan fingerprint density at radius 1 is 0.895 bits per heavy atom. The summed E-state index contributed by atoms with van der Waals surface area (Å²) < 4.78 is 10.5. The lowest BCUT2D eigenvalue weighted by molar-refractivity contribution is 0.330. The third kappa shape index (κ3) is 3.16. The average Bonchev–Trinajstić information content (AvgIpc) is 2.84. The second kappa shape index (κ2) is 4.40. The first-order chi connectivity index (χ1) is 8.66. The van der Waals surface area contributed by atoms with Crippen molar-refractivity contribution < 1.29 is 9.05 Å². The fourth-order valence-corrected chi connectivity index (χ4v) is 1.50. The smallest absolute Gasteiger partial charge is 0.230 e. The molecule has 0 saturated carbocycles. The summed E-state index contributed by atoms with van der Waals surface area (Å²) in [6.45, 7) is 12.5. The Morgan fingerprint density at radius 3 is 2.05 bits per heavy atom. The van der Waals surface area contributed by atoms with Crippen LogP contribution in [0.25, 0.3) is 0 Å². The van der Waals surface area contributed by atoms with Gasteiger partial charge in [0.25, 0.3) is 0 Å². The molecule has 2 aromatic rings. The van der Waals surface area contributed by atoms with E-state index in [2.05, 4.69) is 57.2 Å². The van der Waals surface area contributed by atoms with E-state index in [-0.39, 0.29) is 10.8 Å². The molecule has 104 valence electrons. The van der Waals surface area contributed by atoms with Crippen LogP contribution >= 0.6 is 0 Å². The van der Waals surface area contributed by atoms with Crippen molar-refractivity contribution in [3.63, 3.8) is 0 Å². The number of hydrogen-bond donors (Lipinski definition) is 1. The first-order valence-electron chi connectivity index (χ1n) is 6.38. The maximum atomic E-state index is 5.30. The quantitative estimate of drug-likeness (QED) is 0.887. The zero-order valence-corrected chi connectivity index (χ0v) is 12.4. The van der Waals surface area contributed by atoms with Crippen molar-refractivity contribution in [2.75, 3.05) is 5.32 Å². The van der Waals surface area contributed by atoms with Gasteiger partial charge in [-0.1, -0.05) is 51.9 Å². The largest absolute Gasteiger partial charge is 0.359 e. The summed E-state index contributed by atoms with van der Waals surface area (Å²) in [5.41, 5.74) is 0.795. The van der Waals surface area contributed by atoms with E-state index < -0.39 is 0 Å². The number of hydrogen-bond acceptors (Lipinski definition) is 5. The van der Waals surface area contributed by atoms with E-state index in [4.69, 9.17) is 9.05 Å². The summed E-state index contributed by atoms with van der Waals surface area (Å²) in [5, 5.41) is 11.1. The third-order valence-electron chi connectivity index (χ3n) is 2.78. The van der Waals surface area contributed by atoms with Gasteiger partial charge in [-0.25, -0.2) is 0 Å². The summed E-state index contributed by atoms with van der Waals surface area (Å²) in [5.74, 6) is 2.02. The topological polar surface area (TPSA) is 64.1 Å². The molecule has 0 atom stereocenters. The van der Waals surface area contributed by atoms with E-state index in [1.807, 2.05) is 12.1 Å². The van der Waals surface area contributed by atoms with Gasteiger partial charge >= 0.3 is 0 Å². The van der Waals surface area contributed by atoms with Gasteiger partial charge in [0.05, 0.1) is 5.69 Å². The van der Waals surface area contributed by atoms with E-state index >= 15 is 0 Å². The van der Waals surface area contributed by atoms with Gasteiger partial charge in [0, 0.05) is 23.0 Å². The van der Waals surface area contributed by atoms with Crippen molar-refractivity contribution in [3.8, 4) is 0 Å². The fraction of sp³-hybridized carbons (Fsp3) is 0.571. The number of nitrogens with zero attached hydrogens (tertiary/aromatic N) is 2. The van der Waals surface area contributed by atoms with Crippen LogP contribution in [0.1, 0.15) is 53.0 Å². The van der Waals surface area contributed by atoms with Crippen LogP contribution < -0.4 is 5.32 Å². The molecule has 0 saturated heterocycles. The van der Waals surface area contributed by atoms with Crippen LogP contribution in [0.4, 0.5) is 11.7 Å². The predicted octanol–water partition coefficient (Wildman–Crippen LogP) is 4.00. The molecule has 0 amide bonds. The summed E-state index contributed by atoms with van der Waals surface area (Å²) in [4.78, 5) is 0. The molecule has 5 nitrogen and oxygen atoms in total. The molecule has 0 radical (unpaired) electrons. The summed E-state index contributed by atoms with van der Waals surface area (Å²) in [6.07, 6.45) is 0. The van der Waals surface area contributed by atoms with Gasteiger partial charge in [0.1, 0.15) is 5.76 Å². The number of anilines is 2. The lowest BCUT2D eigenvalue weighted by Gasteiger charge is -2.12. The van der Waals surface area contributed by atoms with Crippen LogP contribution in [0.15, 0.2) is 21.2 Å². The number of nitrogens with one attached hydrogen (secondary N) is 1. The monoisotopic (exact) mass is 263 g/mol. The number of rotatable bonds is 2. The molecule has 0 aliphatic rings. The van der Waals surface area contributed by atoms with Crippen LogP contribution in [-0.2, 0) is 10.8 Å². The molecule has 0 unspecified atom stereocenters. The van der Waals surface area contributed by atoms with Gasteiger partial charge in [-0.3, -0.25) is 0 Å². The van der Waals surface area contributed by atoms with E-state index in [0.717, 1.165) is 11.5 Å². The van der Waals surface area contributed by atoms with Crippen LogP contribution in [-0.4, -0.2) is 10.3 Å². The maximum absolute atomic E-state index is 5.30. The highest BCUT2D eigenvalue weighted by Gasteiger charge is 2.21. The van der Waals surface area contributed by atoms with E-state index in [1.165, 1.54) is 0 Å². The van der Waals surface area contributed by atoms with Crippen molar-refractivity contribution in [2.24, 2.45) is 0 Å². The second-order valence-corrected chi connectivity index (χ2v) is 6.78. The second-order valence-electron chi connectivity index (χ2n) is 6.78. The summed E-state index contributed by atoms with van der Waals surface area (Å²) >= 11 is 0. The molecular formula is C14H21N3O2. The Balaban J connectivity index is 2.14. The van der Waals surface area contributed by atoms with E-state index in [0.29, 0.717) is 11.7 Å². The molecule has 5 heteroatoms. The zero-order valence-electron chi connectivity index (χ0n) is 12.4. The molecule has 0 bridgehead atoms. The van der Waals surface area contributed by atoms with Crippen LogP contribution in [0, 0.1) is 0 Å². The van der Waals surface area contributed by atoms with Gasteiger partial charge in [0.2, 0.25) is 5.88 Å². The highest BCUT2D eigenvalue weighted by atomic mass is 16.5. The van der Waals surface area contributed by atoms with Crippen molar-refractivity contribution in [2.45, 2.75) is 52.4 Å². The predicted molar refractivity (Wildman–Crippen MR) is 73.7 cm³/mol. The minimum absolute atomic E-state index is 0.0379. The Hall–Kier alpha value is -1.78. The molecule has 2 aromatic heterocycles. The molecule has 2 rings (SSSR count). The first kappa shape index (κ1) is 13.6. The standard InChI is InChI=1S/C14H21N3O2/c1-13(2,3)9-7-12(19-16-9)15-11-8-10(18-17-11)14(4,5)6/h7-8H,1-6H3,(H,15,17). The Bertz CT molecular complexity index is 505. The van der Waals surface area contributed by atoms with Gasteiger partial charge in [0.15, 0.2) is 5.82 Å². The van der Waals surface area contributed by atoms with E-state index in [1.54, 1.807) is 0 Å². The first-order valence-corrected chi connectivity index (χ1v) is 6.38. The molecule has 0 aliphatic heterocycles. The van der Waals surface area contributed by atoms with Gasteiger partial charge in [-0.15, -0.1) is 0 Å². The lowest BCUT2D eigenvalue weighted by Crippen LogP contribution is -2.10. The van der Waals surface area contributed by atoms with Crippen LogP contribution in [0.3, 0.4) is 0 Å². The lowest BCUT2D eigenvalue weighted by atomic mass is 9.92. The Morgan fingerprint density at radius 2 is 1.58 bits per heavy atom. The van der Waals surface area contributed by atoms with Crippen molar-refractivity contribution in [3.05, 3.63) is 23.6 Å². The molecule has 0 fully saturated rings. The normalized spacial score (nSPS) is 12.7. The highest BCUT2D eigenvalue weighted by molar-refractivity contribution is 5.50. The average molecular weight is 263 g/mol. The van der Waals surface area contributed by atoms with Gasteiger partial charge in [-0.2, -0.15) is 0 Å². The third-order valence-corrected chi connectivity index (χ3v) is 2.78. The van der Waals surface area contributed by atoms with Crippen LogP contribution in [0.5, 0.6) is 0 Å². The Labute approximate surface area is 113 Å².